The zero-order chi connectivity index (χ0) is 34.2. The molecule has 5 heteroatoms. The molecule has 0 N–H and O–H groups in total. The quantitative estimate of drug-likeness (QED) is 0.187. The predicted molar refractivity (Wildman–Crippen MR) is 209 cm³/mol. The molecule has 5 nitrogen and oxygen atoms in total. The molecule has 1 aliphatic carbocycles. The number of ether oxygens (including phenoxy) is 1. The highest BCUT2D eigenvalue weighted by Crippen LogP contribution is 2.48. The summed E-state index contributed by atoms with van der Waals surface area (Å²) in [6.45, 7) is 0. The van der Waals surface area contributed by atoms with Gasteiger partial charge in [0.25, 0.3) is 0 Å². The van der Waals surface area contributed by atoms with Crippen LogP contribution in [0.15, 0.2) is 168 Å². The molecule has 52 heavy (non-hydrogen) atoms. The first-order chi connectivity index (χ1) is 25.7. The Hall–Kier alpha value is -6.85. The van der Waals surface area contributed by atoms with Gasteiger partial charge in [-0.15, -0.1) is 0 Å². The van der Waals surface area contributed by atoms with Crippen molar-refractivity contribution >= 4 is 49.1 Å². The van der Waals surface area contributed by atoms with Crippen molar-refractivity contribution < 1.29 is 9.15 Å². The standard InChI is InChI=1S/C47H29N3O2/c1-2-10-29(11-3-1)45-48-46(35-18-17-28-9-4-5-12-30(28)23-35)50-47(49-45)37-15-8-16-41-44(37)39-25-33(20-22-40(39)51-41)34-19-21-36-38-24-31-13-6-7-14-32(31)26-43(38)52-42(36)27-34/h1-27,39-40H. The van der Waals surface area contributed by atoms with Gasteiger partial charge in [-0.1, -0.05) is 121 Å². The minimum atomic E-state index is -0.127. The minimum Gasteiger partial charge on any atom is -0.485 e. The van der Waals surface area contributed by atoms with Crippen molar-refractivity contribution in [2.24, 2.45) is 0 Å². The van der Waals surface area contributed by atoms with Crippen molar-refractivity contribution in [2.75, 3.05) is 0 Å². The van der Waals surface area contributed by atoms with E-state index in [0.29, 0.717) is 17.5 Å². The van der Waals surface area contributed by atoms with Gasteiger partial charge in [0.1, 0.15) is 23.0 Å². The largest absolute Gasteiger partial charge is 0.485 e. The summed E-state index contributed by atoms with van der Waals surface area (Å²) in [7, 11) is 0. The second-order valence-electron chi connectivity index (χ2n) is 13.5. The lowest BCUT2D eigenvalue weighted by Gasteiger charge is -2.20. The number of allylic oxidation sites excluding steroid dienone is 2. The monoisotopic (exact) mass is 667 g/mol. The Morgan fingerprint density at radius 3 is 2.02 bits per heavy atom. The third-order valence-corrected chi connectivity index (χ3v) is 10.4. The van der Waals surface area contributed by atoms with Crippen LogP contribution in [0.5, 0.6) is 5.75 Å². The van der Waals surface area contributed by atoms with Crippen molar-refractivity contribution in [1.82, 2.24) is 15.0 Å². The minimum absolute atomic E-state index is 0.0241. The molecule has 0 saturated heterocycles. The molecule has 1 aliphatic heterocycles. The summed E-state index contributed by atoms with van der Waals surface area (Å²) in [5.41, 5.74) is 7.90. The normalized spacial score (nSPS) is 16.3. The first kappa shape index (κ1) is 28.9. The Labute approximate surface area is 299 Å². The van der Waals surface area contributed by atoms with Crippen LogP contribution in [0.2, 0.25) is 0 Å². The highest BCUT2D eigenvalue weighted by Gasteiger charge is 2.36. The van der Waals surface area contributed by atoms with E-state index in [-0.39, 0.29) is 12.0 Å². The number of hydrogen-bond donors (Lipinski definition) is 0. The molecule has 0 saturated carbocycles. The summed E-state index contributed by atoms with van der Waals surface area (Å²) in [6.07, 6.45) is 6.53. The van der Waals surface area contributed by atoms with Gasteiger partial charge in [-0.3, -0.25) is 0 Å². The van der Waals surface area contributed by atoms with E-state index in [9.17, 15) is 0 Å². The third-order valence-electron chi connectivity index (χ3n) is 10.4. The number of benzene rings is 7. The Bertz CT molecular complexity index is 2960. The number of rotatable bonds is 4. The second-order valence-corrected chi connectivity index (χ2v) is 13.5. The topological polar surface area (TPSA) is 61.0 Å². The average molecular weight is 668 g/mol. The first-order valence-corrected chi connectivity index (χ1v) is 17.6. The summed E-state index contributed by atoms with van der Waals surface area (Å²) in [5.74, 6) is 2.72. The van der Waals surface area contributed by atoms with E-state index < -0.39 is 0 Å². The van der Waals surface area contributed by atoms with Gasteiger partial charge in [0, 0.05) is 38.9 Å². The zero-order valence-corrected chi connectivity index (χ0v) is 27.9. The van der Waals surface area contributed by atoms with E-state index in [1.807, 2.05) is 42.5 Å². The zero-order valence-electron chi connectivity index (χ0n) is 27.9. The van der Waals surface area contributed by atoms with Crippen molar-refractivity contribution in [3.05, 3.63) is 175 Å². The maximum Gasteiger partial charge on any atom is 0.164 e. The maximum atomic E-state index is 6.56. The van der Waals surface area contributed by atoms with E-state index in [1.165, 1.54) is 16.2 Å². The van der Waals surface area contributed by atoms with Crippen molar-refractivity contribution in [3.8, 4) is 39.9 Å². The van der Waals surface area contributed by atoms with Gasteiger partial charge < -0.3 is 9.15 Å². The lowest BCUT2D eigenvalue weighted by atomic mass is 9.84. The Balaban J connectivity index is 1.03. The molecule has 0 bridgehead atoms. The van der Waals surface area contributed by atoms with Crippen molar-refractivity contribution in [2.45, 2.75) is 12.0 Å². The molecule has 0 amide bonds. The average Bonchev–Trinajstić information content (AvgIpc) is 3.77. The van der Waals surface area contributed by atoms with Gasteiger partial charge in [0.15, 0.2) is 17.5 Å². The highest BCUT2D eigenvalue weighted by molar-refractivity contribution is 6.10. The Morgan fingerprint density at radius 1 is 0.481 bits per heavy atom. The predicted octanol–water partition coefficient (Wildman–Crippen LogP) is 11.6. The second kappa shape index (κ2) is 11.3. The molecular weight excluding hydrogens is 639 g/mol. The van der Waals surface area contributed by atoms with Crippen LogP contribution < -0.4 is 4.74 Å². The van der Waals surface area contributed by atoms with Gasteiger partial charge >= 0.3 is 0 Å². The molecule has 9 aromatic rings. The molecule has 2 atom stereocenters. The molecule has 7 aromatic carbocycles. The van der Waals surface area contributed by atoms with Crippen LogP contribution in [0.4, 0.5) is 0 Å². The summed E-state index contributed by atoms with van der Waals surface area (Å²) in [6, 6.07) is 50.3. The fraction of sp³-hybridized carbons (Fsp3) is 0.0426. The lowest BCUT2D eigenvalue weighted by molar-refractivity contribution is 0.269. The summed E-state index contributed by atoms with van der Waals surface area (Å²) >= 11 is 0. The number of fused-ring (bicyclic) bond motifs is 8. The lowest BCUT2D eigenvalue weighted by Crippen LogP contribution is -2.17. The molecule has 3 heterocycles. The summed E-state index contributed by atoms with van der Waals surface area (Å²) < 4.78 is 13.0. The molecule has 0 radical (unpaired) electrons. The molecular formula is C47H29N3O2. The molecule has 2 unspecified atom stereocenters. The number of aromatic nitrogens is 3. The Morgan fingerprint density at radius 2 is 1.17 bits per heavy atom. The molecule has 0 fully saturated rings. The van der Waals surface area contributed by atoms with Crippen LogP contribution in [0, 0.1) is 0 Å². The van der Waals surface area contributed by atoms with Crippen LogP contribution in [-0.2, 0) is 0 Å². The summed E-state index contributed by atoms with van der Waals surface area (Å²) in [5, 5.41) is 6.94. The fourth-order valence-electron chi connectivity index (χ4n) is 7.86. The molecule has 2 aromatic heterocycles. The van der Waals surface area contributed by atoms with E-state index in [4.69, 9.17) is 24.1 Å². The third kappa shape index (κ3) is 4.67. The van der Waals surface area contributed by atoms with Crippen LogP contribution >= 0.6 is 0 Å². The molecule has 2 aliphatic rings. The molecule has 11 rings (SSSR count). The first-order valence-electron chi connectivity index (χ1n) is 17.6. The van der Waals surface area contributed by atoms with Crippen LogP contribution in [0.1, 0.15) is 17.0 Å². The van der Waals surface area contributed by atoms with E-state index >= 15 is 0 Å². The van der Waals surface area contributed by atoms with Crippen molar-refractivity contribution in [1.29, 1.82) is 0 Å². The van der Waals surface area contributed by atoms with Crippen LogP contribution in [0.3, 0.4) is 0 Å². The number of hydrogen-bond acceptors (Lipinski definition) is 5. The number of nitrogens with zero attached hydrogens (tertiary/aromatic N) is 3. The van der Waals surface area contributed by atoms with Gasteiger partial charge in [-0.25, -0.2) is 15.0 Å². The highest BCUT2D eigenvalue weighted by atomic mass is 16.5. The number of furan rings is 1. The maximum absolute atomic E-state index is 6.56. The fourth-order valence-corrected chi connectivity index (χ4v) is 7.86. The summed E-state index contributed by atoms with van der Waals surface area (Å²) in [4.78, 5) is 15.2. The van der Waals surface area contributed by atoms with E-state index in [0.717, 1.165) is 66.5 Å². The SMILES string of the molecule is C1=CC2Oc3cccc(-c4nc(-c5ccccc5)nc(-c5ccc6ccccc6c5)n4)c3C2C=C1c1ccc2c(c1)oc1cc3ccccc3cc12. The van der Waals surface area contributed by atoms with Crippen LogP contribution in [-0.4, -0.2) is 21.1 Å². The van der Waals surface area contributed by atoms with E-state index in [2.05, 4.69) is 121 Å². The van der Waals surface area contributed by atoms with Gasteiger partial charge in [0.2, 0.25) is 0 Å². The molecule has 0 spiro atoms. The Kier molecular flexibility index (Phi) is 6.31. The van der Waals surface area contributed by atoms with Gasteiger partial charge in [0.05, 0.1) is 0 Å². The van der Waals surface area contributed by atoms with Gasteiger partial charge in [-0.05, 0) is 75.2 Å². The molecule has 244 valence electrons. The van der Waals surface area contributed by atoms with Crippen LogP contribution in [0.25, 0.3) is 83.2 Å². The smallest absolute Gasteiger partial charge is 0.164 e. The van der Waals surface area contributed by atoms with Gasteiger partial charge in [-0.2, -0.15) is 0 Å². The van der Waals surface area contributed by atoms with E-state index in [1.54, 1.807) is 0 Å². The van der Waals surface area contributed by atoms with Crippen molar-refractivity contribution in [3.63, 3.8) is 0 Å².